The summed E-state index contributed by atoms with van der Waals surface area (Å²) in [5, 5.41) is 21.9. The zero-order chi connectivity index (χ0) is 32.0. The largest absolute Gasteiger partial charge is 0.445 e. The molecule has 3 aromatic carbocycles. The van der Waals surface area contributed by atoms with E-state index in [1.165, 1.54) is 0 Å². The molecule has 46 heavy (non-hydrogen) atoms. The third kappa shape index (κ3) is 7.30. The SMILES string of the molecule is O=C(NC1CC(=O)N(c2cccc([C@H]3O[C@@H](CN4CCC[C@H]4CO)C[C@@H](c4ccc(CO)cc4)O3)c2)C1=O)OCc1ccccc1. The normalized spacial score (nSPS) is 25.2. The molecule has 11 heteroatoms. The van der Waals surface area contributed by atoms with Gasteiger partial charge in [0.25, 0.3) is 5.91 Å². The van der Waals surface area contributed by atoms with Gasteiger partial charge in [0.05, 0.1) is 37.5 Å². The number of aliphatic hydroxyl groups excluding tert-OH is 2. The zero-order valence-electron chi connectivity index (χ0n) is 25.5. The zero-order valence-corrected chi connectivity index (χ0v) is 25.5. The lowest BCUT2D eigenvalue weighted by Crippen LogP contribution is -2.42. The molecule has 11 nitrogen and oxygen atoms in total. The van der Waals surface area contributed by atoms with E-state index in [2.05, 4.69) is 10.2 Å². The number of anilines is 1. The number of nitrogens with zero attached hydrogens (tertiary/aromatic N) is 2. The third-order valence-electron chi connectivity index (χ3n) is 8.81. The lowest BCUT2D eigenvalue weighted by Gasteiger charge is -2.38. The molecule has 3 aliphatic heterocycles. The highest BCUT2D eigenvalue weighted by atomic mass is 16.7. The van der Waals surface area contributed by atoms with Crippen LogP contribution in [-0.4, -0.2) is 70.9 Å². The average molecular weight is 630 g/mol. The molecule has 3 heterocycles. The van der Waals surface area contributed by atoms with E-state index in [-0.39, 0.29) is 44.5 Å². The molecule has 3 fully saturated rings. The van der Waals surface area contributed by atoms with Gasteiger partial charge in [-0.1, -0.05) is 66.7 Å². The number of carbonyl (C=O) groups excluding carboxylic acids is 3. The van der Waals surface area contributed by atoms with Crippen LogP contribution in [0.3, 0.4) is 0 Å². The minimum absolute atomic E-state index is 0.0423. The van der Waals surface area contributed by atoms with Gasteiger partial charge in [-0.15, -0.1) is 0 Å². The molecule has 0 spiro atoms. The van der Waals surface area contributed by atoms with Crippen molar-refractivity contribution in [2.75, 3.05) is 24.6 Å². The number of likely N-dealkylation sites (tertiary alicyclic amines) is 1. The Kier molecular flexibility index (Phi) is 10.1. The van der Waals surface area contributed by atoms with Crippen molar-refractivity contribution in [3.8, 4) is 0 Å². The summed E-state index contributed by atoms with van der Waals surface area (Å²) in [5.41, 5.74) is 3.55. The smallest absolute Gasteiger partial charge is 0.408 e. The number of rotatable bonds is 10. The second kappa shape index (κ2) is 14.5. The molecule has 0 bridgehead atoms. The Labute approximate surface area is 267 Å². The Hall–Kier alpha value is -4.13. The number of ether oxygens (including phenoxy) is 3. The fourth-order valence-electron chi connectivity index (χ4n) is 6.37. The number of benzene rings is 3. The second-order valence-electron chi connectivity index (χ2n) is 11.9. The maximum absolute atomic E-state index is 13.3. The van der Waals surface area contributed by atoms with E-state index < -0.39 is 30.2 Å². The number of alkyl carbamates (subject to hydrolysis) is 1. The molecule has 6 rings (SSSR count). The number of hydrogen-bond donors (Lipinski definition) is 3. The van der Waals surface area contributed by atoms with Crippen molar-refractivity contribution < 1.29 is 38.8 Å². The third-order valence-corrected chi connectivity index (χ3v) is 8.81. The molecule has 0 saturated carbocycles. The predicted octanol–water partition coefficient (Wildman–Crippen LogP) is 3.74. The average Bonchev–Trinajstić information content (AvgIpc) is 3.65. The Bertz CT molecular complexity index is 1520. The van der Waals surface area contributed by atoms with Gasteiger partial charge in [0.1, 0.15) is 12.6 Å². The van der Waals surface area contributed by atoms with Crippen molar-refractivity contribution in [1.82, 2.24) is 10.2 Å². The van der Waals surface area contributed by atoms with Crippen LogP contribution in [0.5, 0.6) is 0 Å². The Morgan fingerprint density at radius 3 is 2.50 bits per heavy atom. The summed E-state index contributed by atoms with van der Waals surface area (Å²) >= 11 is 0. The van der Waals surface area contributed by atoms with E-state index in [1.807, 2.05) is 60.7 Å². The topological polar surface area (TPSA) is 138 Å². The van der Waals surface area contributed by atoms with Crippen LogP contribution in [0.15, 0.2) is 78.9 Å². The lowest BCUT2D eigenvalue weighted by atomic mass is 9.99. The maximum Gasteiger partial charge on any atom is 0.408 e. The van der Waals surface area contributed by atoms with Gasteiger partial charge in [0.2, 0.25) is 5.91 Å². The van der Waals surface area contributed by atoms with Crippen molar-refractivity contribution in [2.45, 2.75) is 69.5 Å². The highest BCUT2D eigenvalue weighted by Gasteiger charge is 2.41. The summed E-state index contributed by atoms with van der Waals surface area (Å²) in [6.07, 6.45) is 0.297. The van der Waals surface area contributed by atoms with Gasteiger partial charge in [0, 0.05) is 24.6 Å². The van der Waals surface area contributed by atoms with E-state index in [9.17, 15) is 24.6 Å². The van der Waals surface area contributed by atoms with E-state index in [1.54, 1.807) is 18.2 Å². The van der Waals surface area contributed by atoms with Gasteiger partial charge in [0.15, 0.2) is 6.29 Å². The second-order valence-corrected chi connectivity index (χ2v) is 11.9. The molecule has 3 saturated heterocycles. The van der Waals surface area contributed by atoms with E-state index in [0.717, 1.165) is 41.0 Å². The van der Waals surface area contributed by atoms with Crippen LogP contribution in [0.4, 0.5) is 10.5 Å². The molecule has 242 valence electrons. The van der Waals surface area contributed by atoms with Crippen LogP contribution in [-0.2, 0) is 37.0 Å². The molecular weight excluding hydrogens is 590 g/mol. The summed E-state index contributed by atoms with van der Waals surface area (Å²) in [4.78, 5) is 42.1. The van der Waals surface area contributed by atoms with Crippen LogP contribution in [0.1, 0.15) is 60.3 Å². The van der Waals surface area contributed by atoms with Gasteiger partial charge in [-0.3, -0.25) is 14.5 Å². The molecule has 3 amide bonds. The number of nitrogens with one attached hydrogen (secondary N) is 1. The van der Waals surface area contributed by atoms with Gasteiger partial charge >= 0.3 is 6.09 Å². The summed E-state index contributed by atoms with van der Waals surface area (Å²) < 4.78 is 18.2. The number of hydrogen-bond acceptors (Lipinski definition) is 9. The Morgan fingerprint density at radius 2 is 1.74 bits per heavy atom. The fourth-order valence-corrected chi connectivity index (χ4v) is 6.37. The molecule has 5 atom stereocenters. The van der Waals surface area contributed by atoms with E-state index in [4.69, 9.17) is 14.2 Å². The van der Waals surface area contributed by atoms with Crippen LogP contribution >= 0.6 is 0 Å². The van der Waals surface area contributed by atoms with Crippen molar-refractivity contribution in [1.29, 1.82) is 0 Å². The van der Waals surface area contributed by atoms with Gasteiger partial charge in [-0.2, -0.15) is 0 Å². The minimum Gasteiger partial charge on any atom is -0.445 e. The molecule has 3 N–H and O–H groups in total. The maximum atomic E-state index is 13.3. The molecule has 0 aliphatic carbocycles. The molecule has 3 aliphatic rings. The van der Waals surface area contributed by atoms with Crippen LogP contribution < -0.4 is 10.2 Å². The van der Waals surface area contributed by atoms with Gasteiger partial charge in [-0.25, -0.2) is 9.69 Å². The summed E-state index contributed by atoms with van der Waals surface area (Å²) in [6, 6.07) is 22.8. The van der Waals surface area contributed by atoms with E-state index >= 15 is 0 Å². The minimum atomic E-state index is -1.04. The summed E-state index contributed by atoms with van der Waals surface area (Å²) in [6.45, 7) is 1.60. The summed E-state index contributed by atoms with van der Waals surface area (Å²) in [7, 11) is 0. The molecule has 0 aromatic heterocycles. The van der Waals surface area contributed by atoms with Crippen molar-refractivity contribution >= 4 is 23.6 Å². The molecule has 1 unspecified atom stereocenters. The number of carbonyl (C=O) groups is 3. The first kappa shape index (κ1) is 31.8. The first-order chi connectivity index (χ1) is 22.4. The molecule has 3 aromatic rings. The van der Waals surface area contributed by atoms with Crippen molar-refractivity contribution in [2.24, 2.45) is 0 Å². The van der Waals surface area contributed by atoms with Crippen LogP contribution in [0.25, 0.3) is 0 Å². The van der Waals surface area contributed by atoms with Crippen molar-refractivity contribution in [3.05, 3.63) is 101 Å². The first-order valence-electron chi connectivity index (χ1n) is 15.7. The number of imide groups is 1. The highest BCUT2D eigenvalue weighted by molar-refractivity contribution is 6.22. The summed E-state index contributed by atoms with van der Waals surface area (Å²) in [5.74, 6) is -0.988. The fraction of sp³-hybridized carbons (Fsp3) is 0.400. The van der Waals surface area contributed by atoms with E-state index in [0.29, 0.717) is 24.2 Å². The lowest BCUT2D eigenvalue weighted by molar-refractivity contribution is -0.253. The Balaban J connectivity index is 1.17. The monoisotopic (exact) mass is 629 g/mol. The molecular formula is C35H39N3O8. The first-order valence-corrected chi connectivity index (χ1v) is 15.7. The predicted molar refractivity (Wildman–Crippen MR) is 167 cm³/mol. The van der Waals surface area contributed by atoms with Gasteiger partial charge < -0.3 is 29.7 Å². The molecule has 0 radical (unpaired) electrons. The highest BCUT2D eigenvalue weighted by Crippen LogP contribution is 2.39. The quantitative estimate of drug-likeness (QED) is 0.287. The number of amides is 3. The van der Waals surface area contributed by atoms with Crippen molar-refractivity contribution in [3.63, 3.8) is 0 Å². The number of aliphatic hydroxyl groups is 2. The Morgan fingerprint density at radius 1 is 0.935 bits per heavy atom. The van der Waals surface area contributed by atoms with Crippen LogP contribution in [0, 0.1) is 0 Å². The standard InChI is InChI=1S/C35H39N3O8/c39-20-23-11-13-25(14-12-23)31-17-29(19-37-15-5-10-28(37)21-40)45-34(46-31)26-8-4-9-27(16-26)38-32(41)18-30(33(38)42)36-35(43)44-22-24-6-2-1-3-7-24/h1-4,6-9,11-14,16,28-31,34,39-40H,5,10,15,17-22H2,(H,36,43)/t28-,29+,30?,31-,34-/m0/s1. The van der Waals surface area contributed by atoms with Gasteiger partial charge in [-0.05, 0) is 48.2 Å². The van der Waals surface area contributed by atoms with Crippen LogP contribution in [0.2, 0.25) is 0 Å².